The van der Waals surface area contributed by atoms with Gasteiger partial charge in [0.15, 0.2) is 0 Å². The first-order valence-corrected chi connectivity index (χ1v) is 12.2. The molecule has 2 fully saturated rings. The fourth-order valence-corrected chi connectivity index (χ4v) is 4.87. The molecule has 5 nitrogen and oxygen atoms in total. The molecule has 4 rings (SSSR count). The Morgan fingerprint density at radius 3 is 2.50 bits per heavy atom. The van der Waals surface area contributed by atoms with Crippen LogP contribution in [0.25, 0.3) is 0 Å². The second kappa shape index (κ2) is 10.9. The van der Waals surface area contributed by atoms with Crippen LogP contribution in [0.3, 0.4) is 0 Å². The van der Waals surface area contributed by atoms with Crippen LogP contribution < -0.4 is 9.64 Å². The number of hydrogen-bond acceptors (Lipinski definition) is 4. The van der Waals surface area contributed by atoms with Crippen molar-refractivity contribution in [1.29, 1.82) is 0 Å². The molecule has 2 aromatic carbocycles. The zero-order chi connectivity index (χ0) is 22.3. The molecule has 2 aliphatic rings. The maximum Gasteiger partial charge on any atom is 0.253 e. The molecule has 0 N–H and O–H groups in total. The summed E-state index contributed by atoms with van der Waals surface area (Å²) in [5, 5.41) is 0. The number of rotatable bonds is 7. The van der Waals surface area contributed by atoms with Crippen molar-refractivity contribution in [2.75, 3.05) is 50.8 Å². The summed E-state index contributed by atoms with van der Waals surface area (Å²) in [4.78, 5) is 20.0. The molecular formula is C27H37N3O2. The third-order valence-corrected chi connectivity index (χ3v) is 6.69. The first kappa shape index (κ1) is 22.7. The maximum atomic E-state index is 13.1. The number of piperazine rings is 1. The number of ether oxygens (including phenoxy) is 1. The van der Waals surface area contributed by atoms with Gasteiger partial charge in [-0.2, -0.15) is 0 Å². The molecule has 32 heavy (non-hydrogen) atoms. The number of benzene rings is 2. The second-order valence-electron chi connectivity index (χ2n) is 9.26. The van der Waals surface area contributed by atoms with E-state index in [1.54, 1.807) is 0 Å². The summed E-state index contributed by atoms with van der Waals surface area (Å²) in [5.41, 5.74) is 3.25. The van der Waals surface area contributed by atoms with Crippen LogP contribution in [0.15, 0.2) is 48.5 Å². The lowest BCUT2D eigenvalue weighted by molar-refractivity contribution is 0.0726. The summed E-state index contributed by atoms with van der Waals surface area (Å²) in [6.45, 7) is 11.0. The molecular weight excluding hydrogens is 398 g/mol. The lowest BCUT2D eigenvalue weighted by Crippen LogP contribution is -2.53. The average Bonchev–Trinajstić information content (AvgIpc) is 2.82. The largest absolute Gasteiger partial charge is 0.494 e. The Morgan fingerprint density at radius 2 is 1.78 bits per heavy atom. The van der Waals surface area contributed by atoms with Gasteiger partial charge in [-0.3, -0.25) is 4.79 Å². The number of carbonyl (C=O) groups is 1. The second-order valence-corrected chi connectivity index (χ2v) is 9.26. The van der Waals surface area contributed by atoms with Gasteiger partial charge in [0.1, 0.15) is 5.75 Å². The minimum atomic E-state index is 0.109. The van der Waals surface area contributed by atoms with Crippen LogP contribution in [0.2, 0.25) is 0 Å². The highest BCUT2D eigenvalue weighted by molar-refractivity contribution is 5.94. The van der Waals surface area contributed by atoms with Gasteiger partial charge in [-0.05, 0) is 88.2 Å². The third-order valence-electron chi connectivity index (χ3n) is 6.69. The van der Waals surface area contributed by atoms with E-state index in [4.69, 9.17) is 4.74 Å². The highest BCUT2D eigenvalue weighted by atomic mass is 16.5. The van der Waals surface area contributed by atoms with Crippen LogP contribution in [-0.4, -0.2) is 67.6 Å². The minimum Gasteiger partial charge on any atom is -0.494 e. The molecule has 0 spiro atoms. The van der Waals surface area contributed by atoms with Gasteiger partial charge in [0, 0.05) is 43.5 Å². The van der Waals surface area contributed by atoms with Gasteiger partial charge in [-0.15, -0.1) is 0 Å². The number of amides is 1. The molecule has 1 atom stereocenters. The van der Waals surface area contributed by atoms with Crippen molar-refractivity contribution in [3.05, 3.63) is 59.7 Å². The van der Waals surface area contributed by atoms with Crippen LogP contribution in [0.1, 0.15) is 48.5 Å². The molecule has 2 aliphatic heterocycles. The molecule has 1 unspecified atom stereocenters. The molecule has 0 aromatic heterocycles. The van der Waals surface area contributed by atoms with Crippen molar-refractivity contribution in [3.8, 4) is 5.75 Å². The molecule has 2 aromatic rings. The molecule has 2 heterocycles. The van der Waals surface area contributed by atoms with E-state index in [9.17, 15) is 4.79 Å². The predicted molar refractivity (Wildman–Crippen MR) is 131 cm³/mol. The van der Waals surface area contributed by atoms with Crippen molar-refractivity contribution < 1.29 is 9.53 Å². The van der Waals surface area contributed by atoms with E-state index in [1.807, 2.05) is 29.2 Å². The molecule has 1 amide bonds. The number of piperidine rings is 1. The summed E-state index contributed by atoms with van der Waals surface area (Å²) in [5.74, 6) is 0.954. The van der Waals surface area contributed by atoms with E-state index in [1.165, 1.54) is 43.6 Å². The molecule has 0 aliphatic carbocycles. The molecule has 172 valence electrons. The SMILES string of the molecule is Cc1cccc(N2CCN(C(=O)c3ccc(OCCCN4CCCCC4)cc3)CC2C)c1. The Labute approximate surface area is 193 Å². The minimum absolute atomic E-state index is 0.109. The molecule has 0 saturated carbocycles. The lowest BCUT2D eigenvalue weighted by atomic mass is 10.1. The number of nitrogens with zero attached hydrogens (tertiary/aromatic N) is 3. The summed E-state index contributed by atoms with van der Waals surface area (Å²) >= 11 is 0. The van der Waals surface area contributed by atoms with E-state index >= 15 is 0 Å². The fraction of sp³-hybridized carbons (Fsp3) is 0.519. The highest BCUT2D eigenvalue weighted by Gasteiger charge is 2.27. The summed E-state index contributed by atoms with van der Waals surface area (Å²) in [7, 11) is 0. The zero-order valence-corrected chi connectivity index (χ0v) is 19.6. The zero-order valence-electron chi connectivity index (χ0n) is 19.6. The van der Waals surface area contributed by atoms with Crippen molar-refractivity contribution in [2.24, 2.45) is 0 Å². The van der Waals surface area contributed by atoms with E-state index in [2.05, 4.69) is 47.9 Å². The quantitative estimate of drug-likeness (QED) is 0.596. The Kier molecular flexibility index (Phi) is 7.69. The van der Waals surface area contributed by atoms with Crippen molar-refractivity contribution in [2.45, 2.75) is 45.6 Å². The van der Waals surface area contributed by atoms with Crippen molar-refractivity contribution in [3.63, 3.8) is 0 Å². The van der Waals surface area contributed by atoms with E-state index in [-0.39, 0.29) is 11.9 Å². The number of anilines is 1. The first-order chi connectivity index (χ1) is 15.6. The van der Waals surface area contributed by atoms with Crippen LogP contribution in [-0.2, 0) is 0 Å². The van der Waals surface area contributed by atoms with Crippen molar-refractivity contribution >= 4 is 11.6 Å². The number of carbonyl (C=O) groups excluding carboxylic acids is 1. The van der Waals surface area contributed by atoms with E-state index in [0.717, 1.165) is 50.5 Å². The van der Waals surface area contributed by atoms with Crippen LogP contribution in [0.5, 0.6) is 5.75 Å². The maximum absolute atomic E-state index is 13.1. The molecule has 0 bridgehead atoms. The normalized spacial score (nSPS) is 19.8. The first-order valence-electron chi connectivity index (χ1n) is 12.2. The summed E-state index contributed by atoms with van der Waals surface area (Å²) < 4.78 is 5.91. The smallest absolute Gasteiger partial charge is 0.253 e. The Hall–Kier alpha value is -2.53. The highest BCUT2D eigenvalue weighted by Crippen LogP contribution is 2.23. The lowest BCUT2D eigenvalue weighted by Gasteiger charge is -2.41. The summed E-state index contributed by atoms with van der Waals surface area (Å²) in [6, 6.07) is 16.6. The Bertz CT molecular complexity index is 877. The monoisotopic (exact) mass is 435 g/mol. The molecule has 5 heteroatoms. The average molecular weight is 436 g/mol. The number of aryl methyl sites for hydroxylation is 1. The number of hydrogen-bond donors (Lipinski definition) is 0. The molecule has 0 radical (unpaired) electrons. The molecule has 2 saturated heterocycles. The Morgan fingerprint density at radius 1 is 1.00 bits per heavy atom. The topological polar surface area (TPSA) is 36.0 Å². The standard InChI is InChI=1S/C27H37N3O2/c1-22-8-6-9-25(20-22)30-18-17-29(21-23(30)2)27(31)24-10-12-26(13-11-24)32-19-7-16-28-14-4-3-5-15-28/h6,8-13,20,23H,3-5,7,14-19,21H2,1-2H3. The van der Waals surface area contributed by atoms with Gasteiger partial charge in [0.2, 0.25) is 0 Å². The van der Waals surface area contributed by atoms with E-state index < -0.39 is 0 Å². The van der Waals surface area contributed by atoms with Crippen LogP contribution >= 0.6 is 0 Å². The van der Waals surface area contributed by atoms with Gasteiger partial charge in [0.05, 0.1) is 6.61 Å². The predicted octanol–water partition coefficient (Wildman–Crippen LogP) is 4.60. The Balaban J connectivity index is 1.24. The van der Waals surface area contributed by atoms with Gasteiger partial charge < -0.3 is 19.4 Å². The van der Waals surface area contributed by atoms with Crippen LogP contribution in [0.4, 0.5) is 5.69 Å². The van der Waals surface area contributed by atoms with E-state index in [0.29, 0.717) is 0 Å². The fourth-order valence-electron chi connectivity index (χ4n) is 4.87. The van der Waals surface area contributed by atoms with Gasteiger partial charge in [0.25, 0.3) is 5.91 Å². The van der Waals surface area contributed by atoms with Gasteiger partial charge in [-0.25, -0.2) is 0 Å². The number of likely N-dealkylation sites (tertiary alicyclic amines) is 1. The third kappa shape index (κ3) is 5.83. The van der Waals surface area contributed by atoms with Gasteiger partial charge in [-0.1, -0.05) is 18.6 Å². The summed E-state index contributed by atoms with van der Waals surface area (Å²) in [6.07, 6.45) is 5.08. The van der Waals surface area contributed by atoms with Crippen LogP contribution in [0, 0.1) is 6.92 Å². The van der Waals surface area contributed by atoms with Crippen molar-refractivity contribution in [1.82, 2.24) is 9.80 Å². The van der Waals surface area contributed by atoms with Gasteiger partial charge >= 0.3 is 0 Å².